The standard InChI is InChI=1S/C10H20AsN2.4ClH.Ga/c1-9-7-11-12(3)5-6-13(11,4)8-10(9)2;;;;;/h5-8H2,1-4H3;4*1H;/q+1;;;;;+3/p-4. The Hall–Kier alpha value is 2.01. The second-order valence-electron chi connectivity index (χ2n) is 5.19. The zero-order chi connectivity index (χ0) is 14.1. The number of hydrogen-bond donors (Lipinski definition) is 0. The third-order valence-electron chi connectivity index (χ3n) is 3.54. The fraction of sp³-hybridized carbons (Fsp3) is 0.800. The topological polar surface area (TPSA) is 3.24 Å². The Labute approximate surface area is 134 Å². The number of quaternary nitrogens is 1. The minimum atomic E-state index is -3.24. The summed E-state index contributed by atoms with van der Waals surface area (Å²) in [6.45, 7) is 8.71. The Morgan fingerprint density at radius 3 is 2.17 bits per heavy atom. The molecule has 2 nitrogen and oxygen atoms in total. The second kappa shape index (κ2) is 6.85. The second-order valence-corrected chi connectivity index (χ2v) is 33.5. The van der Waals surface area contributed by atoms with Crippen LogP contribution in [0.25, 0.3) is 0 Å². The van der Waals surface area contributed by atoms with Crippen LogP contribution in [-0.2, 0) is 0 Å². The first-order valence-corrected chi connectivity index (χ1v) is 21.6. The van der Waals surface area contributed by atoms with Crippen molar-refractivity contribution in [2.75, 3.05) is 33.7 Å². The van der Waals surface area contributed by atoms with Crippen molar-refractivity contribution in [2.24, 2.45) is 0 Å². The monoisotopic (exact) mass is 452 g/mol. The molecule has 0 saturated carbocycles. The van der Waals surface area contributed by atoms with E-state index in [4.69, 9.17) is 38.6 Å². The fourth-order valence-corrected chi connectivity index (χ4v) is 8.76. The van der Waals surface area contributed by atoms with Gasteiger partial charge in [0.2, 0.25) is 0 Å². The van der Waals surface area contributed by atoms with Gasteiger partial charge < -0.3 is 0 Å². The molecule has 0 N–H and O–H groups in total. The normalized spacial score (nSPS) is 33.0. The molecule has 0 aromatic heterocycles. The van der Waals surface area contributed by atoms with Crippen LogP contribution in [0.5, 0.6) is 0 Å². The van der Waals surface area contributed by atoms with Crippen LogP contribution in [0.1, 0.15) is 13.8 Å². The molecule has 18 heavy (non-hydrogen) atoms. The summed E-state index contributed by atoms with van der Waals surface area (Å²) < 4.78 is 4.07. The van der Waals surface area contributed by atoms with E-state index < -0.39 is 26.1 Å². The number of likely N-dealkylation sites (N-methyl/N-ethyl adjacent to an activating group) is 2. The average molecular weight is 455 g/mol. The van der Waals surface area contributed by atoms with Crippen molar-refractivity contribution < 1.29 is 3.40 Å². The molecule has 0 bridgehead atoms. The van der Waals surface area contributed by atoms with E-state index in [9.17, 15) is 0 Å². The summed E-state index contributed by atoms with van der Waals surface area (Å²) in [5.74, 6) is 0. The number of hydrogen-bond acceptors (Lipinski definition) is 1. The summed E-state index contributed by atoms with van der Waals surface area (Å²) in [5.41, 5.74) is 3.34. The number of halogens is 4. The van der Waals surface area contributed by atoms with Crippen molar-refractivity contribution >= 4 is 64.7 Å². The molecule has 106 valence electrons. The Morgan fingerprint density at radius 1 is 1.17 bits per heavy atom. The number of fused-ring (bicyclic) bond motifs is 1. The van der Waals surface area contributed by atoms with Gasteiger partial charge in [0.1, 0.15) is 0 Å². The summed E-state index contributed by atoms with van der Waals surface area (Å²) in [6.07, 6.45) is 0. The molecule has 0 spiro atoms. The predicted octanol–water partition coefficient (Wildman–Crippen LogP) is 3.59. The van der Waals surface area contributed by atoms with Gasteiger partial charge in [-0.25, -0.2) is 0 Å². The summed E-state index contributed by atoms with van der Waals surface area (Å²) in [5, 5.41) is 1.42. The quantitative estimate of drug-likeness (QED) is 0.399. The van der Waals surface area contributed by atoms with Crippen molar-refractivity contribution in [3.05, 3.63) is 11.1 Å². The maximum atomic E-state index is 5.03. The molecule has 1 fully saturated rings. The SMILES string of the molecule is CC1=C(C)C[N+]2(C)CCN(C)[As]2C1.[Cl][Ga-]([Cl])([Cl])[Cl]. The van der Waals surface area contributed by atoms with Gasteiger partial charge in [0.05, 0.1) is 0 Å². The summed E-state index contributed by atoms with van der Waals surface area (Å²) in [4.78, 5) is 0. The summed E-state index contributed by atoms with van der Waals surface area (Å²) in [6, 6.07) is 0. The molecule has 0 radical (unpaired) electrons. The predicted molar refractivity (Wildman–Crippen MR) is 86.6 cm³/mol. The van der Waals surface area contributed by atoms with E-state index >= 15 is 0 Å². The van der Waals surface area contributed by atoms with Crippen LogP contribution in [0.2, 0.25) is 5.21 Å². The van der Waals surface area contributed by atoms with Crippen LogP contribution in [0.15, 0.2) is 11.1 Å². The van der Waals surface area contributed by atoms with E-state index in [0.717, 1.165) is 0 Å². The minimum absolute atomic E-state index is 0.753. The van der Waals surface area contributed by atoms with Gasteiger partial charge in [0.25, 0.3) is 0 Å². The Balaban J connectivity index is 0.000000280. The van der Waals surface area contributed by atoms with Gasteiger partial charge in [-0.1, -0.05) is 0 Å². The Kier molecular flexibility index (Phi) is 6.87. The van der Waals surface area contributed by atoms with Gasteiger partial charge in [0, 0.05) is 0 Å². The molecule has 2 aliphatic rings. The molecule has 2 heterocycles. The molecule has 0 amide bonds. The molecular weight excluding hydrogens is 435 g/mol. The van der Waals surface area contributed by atoms with Gasteiger partial charge in [-0.15, -0.1) is 0 Å². The van der Waals surface area contributed by atoms with E-state index in [2.05, 4.69) is 31.8 Å². The van der Waals surface area contributed by atoms with Crippen molar-refractivity contribution in [1.29, 1.82) is 0 Å². The van der Waals surface area contributed by atoms with Crippen LogP contribution in [0.4, 0.5) is 0 Å². The zero-order valence-electron chi connectivity index (χ0n) is 11.3. The third-order valence-corrected chi connectivity index (χ3v) is 10.3. The van der Waals surface area contributed by atoms with Gasteiger partial charge in [-0.05, 0) is 0 Å². The van der Waals surface area contributed by atoms with Crippen LogP contribution in [-0.4, -0.2) is 67.1 Å². The summed E-state index contributed by atoms with van der Waals surface area (Å²) >= 11 is -3.99. The first kappa shape index (κ1) is 18.1. The molecule has 1 saturated heterocycles. The Bertz CT molecular complexity index is 341. The number of allylic oxidation sites excluding steroid dienone is 1. The molecule has 8 heteroatoms. The first-order chi connectivity index (χ1) is 8.03. The van der Waals surface area contributed by atoms with Gasteiger partial charge in [0.15, 0.2) is 0 Å². The van der Waals surface area contributed by atoms with Crippen LogP contribution >= 0.6 is 38.6 Å². The molecule has 2 unspecified atom stereocenters. The fourth-order valence-electron chi connectivity index (χ4n) is 2.40. The molecule has 2 aliphatic heterocycles. The van der Waals surface area contributed by atoms with E-state index in [1.807, 2.05) is 0 Å². The molecular formula is C10H20AsCl4GaN2. The van der Waals surface area contributed by atoms with E-state index in [1.54, 1.807) is 11.1 Å². The molecule has 0 aromatic carbocycles. The van der Waals surface area contributed by atoms with Crippen molar-refractivity contribution in [3.8, 4) is 0 Å². The molecule has 0 aromatic rings. The van der Waals surface area contributed by atoms with Crippen LogP contribution in [0, 0.1) is 0 Å². The average Bonchev–Trinajstić information content (AvgIpc) is 2.43. The summed E-state index contributed by atoms with van der Waals surface area (Å²) in [7, 11) is 24.9. The van der Waals surface area contributed by atoms with E-state index in [1.165, 1.54) is 28.2 Å². The van der Waals surface area contributed by atoms with Crippen LogP contribution < -0.4 is 0 Å². The van der Waals surface area contributed by atoms with Crippen molar-refractivity contribution in [3.63, 3.8) is 0 Å². The molecule has 0 aliphatic carbocycles. The van der Waals surface area contributed by atoms with Gasteiger partial charge >= 0.3 is 136 Å². The van der Waals surface area contributed by atoms with Gasteiger partial charge in [-0.3, -0.25) is 0 Å². The zero-order valence-corrected chi connectivity index (χ0v) is 18.6. The van der Waals surface area contributed by atoms with Crippen LogP contribution in [0.3, 0.4) is 0 Å². The number of nitrogens with zero attached hydrogens (tertiary/aromatic N) is 2. The van der Waals surface area contributed by atoms with Crippen molar-refractivity contribution in [1.82, 2.24) is 3.82 Å². The molecule has 2 atom stereocenters. The van der Waals surface area contributed by atoms with E-state index in [0.29, 0.717) is 0 Å². The molecule has 2 rings (SSSR count). The van der Waals surface area contributed by atoms with Crippen molar-refractivity contribution in [2.45, 2.75) is 19.1 Å². The number of rotatable bonds is 0. The maximum absolute atomic E-state index is 5.03. The third kappa shape index (κ3) is 5.42. The van der Waals surface area contributed by atoms with E-state index in [-0.39, 0.29) is 0 Å². The Morgan fingerprint density at radius 2 is 1.67 bits per heavy atom. The van der Waals surface area contributed by atoms with Gasteiger partial charge in [-0.2, -0.15) is 0 Å². The first-order valence-electron chi connectivity index (χ1n) is 5.89.